The Bertz CT molecular complexity index is 112. The minimum absolute atomic E-state index is 0.605. The third kappa shape index (κ3) is 6.77. The summed E-state index contributed by atoms with van der Waals surface area (Å²) in [5, 5.41) is 0. The highest BCUT2D eigenvalue weighted by Gasteiger charge is 1.98. The SMILES string of the molecule is C=C(CCl)CSCC(C)CC. The second-order valence-corrected chi connectivity index (χ2v) is 4.21. The van der Waals surface area contributed by atoms with E-state index in [9.17, 15) is 0 Å². The van der Waals surface area contributed by atoms with E-state index in [4.69, 9.17) is 11.6 Å². The summed E-state index contributed by atoms with van der Waals surface area (Å²) < 4.78 is 0. The molecule has 0 aromatic rings. The van der Waals surface area contributed by atoms with Crippen LogP contribution in [0.1, 0.15) is 20.3 Å². The van der Waals surface area contributed by atoms with Gasteiger partial charge in [0.25, 0.3) is 0 Å². The predicted molar refractivity (Wildman–Crippen MR) is 56.6 cm³/mol. The number of rotatable bonds is 6. The van der Waals surface area contributed by atoms with E-state index in [0.717, 1.165) is 17.2 Å². The molecule has 11 heavy (non-hydrogen) atoms. The Morgan fingerprint density at radius 3 is 2.73 bits per heavy atom. The first kappa shape index (κ1) is 11.4. The average Bonchev–Trinajstić information content (AvgIpc) is 2.04. The molecule has 0 saturated heterocycles. The van der Waals surface area contributed by atoms with E-state index in [2.05, 4.69) is 20.4 Å². The van der Waals surface area contributed by atoms with Gasteiger partial charge in [-0.25, -0.2) is 0 Å². The first-order valence-electron chi connectivity index (χ1n) is 4.01. The van der Waals surface area contributed by atoms with Crippen LogP contribution in [0.3, 0.4) is 0 Å². The van der Waals surface area contributed by atoms with Gasteiger partial charge in [0, 0.05) is 11.6 Å². The molecule has 0 aliphatic heterocycles. The van der Waals surface area contributed by atoms with Gasteiger partial charge in [0.15, 0.2) is 0 Å². The summed E-state index contributed by atoms with van der Waals surface area (Å²) in [5.74, 6) is 3.68. The smallest absolute Gasteiger partial charge is 0.0439 e. The molecule has 66 valence electrons. The molecule has 0 aliphatic rings. The van der Waals surface area contributed by atoms with Crippen LogP contribution in [-0.2, 0) is 0 Å². The Morgan fingerprint density at radius 1 is 1.64 bits per heavy atom. The van der Waals surface area contributed by atoms with Crippen molar-refractivity contribution in [3.8, 4) is 0 Å². The van der Waals surface area contributed by atoms with Crippen LogP contribution in [0, 0.1) is 5.92 Å². The molecule has 1 atom stereocenters. The number of halogens is 1. The van der Waals surface area contributed by atoms with Gasteiger partial charge < -0.3 is 0 Å². The first-order chi connectivity index (χ1) is 5.20. The minimum Gasteiger partial charge on any atom is -0.157 e. The van der Waals surface area contributed by atoms with Crippen molar-refractivity contribution in [3.63, 3.8) is 0 Å². The molecule has 0 N–H and O–H groups in total. The maximum absolute atomic E-state index is 5.59. The molecule has 1 unspecified atom stereocenters. The van der Waals surface area contributed by atoms with Gasteiger partial charge in [-0.1, -0.05) is 32.4 Å². The zero-order valence-corrected chi connectivity index (χ0v) is 8.97. The van der Waals surface area contributed by atoms with Crippen LogP contribution in [0.25, 0.3) is 0 Å². The van der Waals surface area contributed by atoms with Crippen molar-refractivity contribution >= 4 is 23.4 Å². The molecule has 0 amide bonds. The number of alkyl halides is 1. The second-order valence-electron chi connectivity index (χ2n) is 2.91. The zero-order valence-electron chi connectivity index (χ0n) is 7.40. The first-order valence-corrected chi connectivity index (χ1v) is 5.70. The van der Waals surface area contributed by atoms with Crippen molar-refractivity contribution in [2.45, 2.75) is 20.3 Å². The minimum atomic E-state index is 0.605. The lowest BCUT2D eigenvalue weighted by Gasteiger charge is -2.07. The van der Waals surface area contributed by atoms with Gasteiger partial charge in [-0.15, -0.1) is 11.6 Å². The topological polar surface area (TPSA) is 0 Å². The standard InChI is InChI=1S/C9H17ClS/c1-4-8(2)6-11-7-9(3)5-10/h8H,3-7H2,1-2H3. The fourth-order valence-electron chi connectivity index (χ4n) is 0.561. The highest BCUT2D eigenvalue weighted by atomic mass is 35.5. The molecule has 0 nitrogen and oxygen atoms in total. The molecule has 0 spiro atoms. The summed E-state index contributed by atoms with van der Waals surface area (Å²) in [6, 6.07) is 0. The van der Waals surface area contributed by atoms with Crippen LogP contribution < -0.4 is 0 Å². The zero-order chi connectivity index (χ0) is 8.69. The highest BCUT2D eigenvalue weighted by molar-refractivity contribution is 7.99. The van der Waals surface area contributed by atoms with Crippen LogP contribution in [0.5, 0.6) is 0 Å². The maximum atomic E-state index is 5.59. The van der Waals surface area contributed by atoms with Crippen LogP contribution in [0.2, 0.25) is 0 Å². The quantitative estimate of drug-likeness (QED) is 0.458. The van der Waals surface area contributed by atoms with E-state index in [0.29, 0.717) is 5.88 Å². The van der Waals surface area contributed by atoms with Crippen molar-refractivity contribution in [3.05, 3.63) is 12.2 Å². The number of thioether (sulfide) groups is 1. The van der Waals surface area contributed by atoms with Crippen molar-refractivity contribution in [1.29, 1.82) is 0 Å². The monoisotopic (exact) mass is 192 g/mol. The van der Waals surface area contributed by atoms with Gasteiger partial charge in [-0.2, -0.15) is 11.8 Å². The maximum Gasteiger partial charge on any atom is 0.0439 e. The van der Waals surface area contributed by atoms with Gasteiger partial charge in [0.2, 0.25) is 0 Å². The number of hydrogen-bond donors (Lipinski definition) is 0. The van der Waals surface area contributed by atoms with E-state index in [1.807, 2.05) is 11.8 Å². The Labute approximate surface area is 79.4 Å². The molecule has 0 aliphatic carbocycles. The van der Waals surface area contributed by atoms with E-state index >= 15 is 0 Å². The lowest BCUT2D eigenvalue weighted by atomic mass is 10.2. The fraction of sp³-hybridized carbons (Fsp3) is 0.778. The Morgan fingerprint density at radius 2 is 2.27 bits per heavy atom. The van der Waals surface area contributed by atoms with E-state index < -0.39 is 0 Å². The third-order valence-electron chi connectivity index (χ3n) is 1.59. The fourth-order valence-corrected chi connectivity index (χ4v) is 1.91. The molecular weight excluding hydrogens is 176 g/mol. The molecule has 0 rings (SSSR count). The molecule has 0 aromatic heterocycles. The van der Waals surface area contributed by atoms with E-state index in [1.165, 1.54) is 12.2 Å². The summed E-state index contributed by atoms with van der Waals surface area (Å²) in [6.45, 7) is 8.34. The Balaban J connectivity index is 3.20. The molecule has 2 heteroatoms. The molecular formula is C9H17ClS. The molecule has 0 radical (unpaired) electrons. The van der Waals surface area contributed by atoms with Crippen molar-refractivity contribution < 1.29 is 0 Å². The van der Waals surface area contributed by atoms with Gasteiger partial charge in [-0.3, -0.25) is 0 Å². The lowest BCUT2D eigenvalue weighted by molar-refractivity contribution is 0.637. The van der Waals surface area contributed by atoms with Gasteiger partial charge in [-0.05, 0) is 11.7 Å². The molecule has 0 bridgehead atoms. The normalized spacial score (nSPS) is 13.0. The summed E-state index contributed by atoms with van der Waals surface area (Å²) in [7, 11) is 0. The largest absolute Gasteiger partial charge is 0.157 e. The van der Waals surface area contributed by atoms with Gasteiger partial charge in [0.1, 0.15) is 0 Å². The molecule has 0 saturated carbocycles. The van der Waals surface area contributed by atoms with Gasteiger partial charge >= 0.3 is 0 Å². The van der Waals surface area contributed by atoms with E-state index in [1.54, 1.807) is 0 Å². The molecule has 0 heterocycles. The van der Waals surface area contributed by atoms with Crippen molar-refractivity contribution in [2.75, 3.05) is 17.4 Å². The molecule has 0 aromatic carbocycles. The summed E-state index contributed by atoms with van der Waals surface area (Å²) in [6.07, 6.45) is 1.26. The van der Waals surface area contributed by atoms with Crippen LogP contribution in [-0.4, -0.2) is 17.4 Å². The van der Waals surface area contributed by atoms with Crippen molar-refractivity contribution in [1.82, 2.24) is 0 Å². The lowest BCUT2D eigenvalue weighted by Crippen LogP contribution is -1.97. The highest BCUT2D eigenvalue weighted by Crippen LogP contribution is 2.13. The average molecular weight is 193 g/mol. The van der Waals surface area contributed by atoms with Crippen LogP contribution in [0.4, 0.5) is 0 Å². The van der Waals surface area contributed by atoms with Crippen molar-refractivity contribution in [2.24, 2.45) is 5.92 Å². The predicted octanol–water partition coefficient (Wildman–Crippen LogP) is 3.56. The second kappa shape index (κ2) is 7.05. The number of hydrogen-bond acceptors (Lipinski definition) is 1. The van der Waals surface area contributed by atoms with E-state index in [-0.39, 0.29) is 0 Å². The summed E-state index contributed by atoms with van der Waals surface area (Å²) in [5.41, 5.74) is 1.14. The van der Waals surface area contributed by atoms with Crippen LogP contribution >= 0.6 is 23.4 Å². The van der Waals surface area contributed by atoms with Gasteiger partial charge in [0.05, 0.1) is 0 Å². The van der Waals surface area contributed by atoms with Crippen LogP contribution in [0.15, 0.2) is 12.2 Å². The summed E-state index contributed by atoms with van der Waals surface area (Å²) >= 11 is 7.52. The molecule has 0 fully saturated rings. The summed E-state index contributed by atoms with van der Waals surface area (Å²) in [4.78, 5) is 0. The third-order valence-corrected chi connectivity index (χ3v) is 3.39. The Kier molecular flexibility index (Phi) is 7.30. The Hall–Kier alpha value is 0.380.